The number of hydrogen-bond donors (Lipinski definition) is 0. The summed E-state index contributed by atoms with van der Waals surface area (Å²) in [6.07, 6.45) is 5.53. The van der Waals surface area contributed by atoms with Crippen molar-refractivity contribution in [3.05, 3.63) is 30.5 Å². The predicted octanol–water partition coefficient (Wildman–Crippen LogP) is 3.79. The molecule has 0 N–H and O–H groups in total. The molecule has 1 aromatic heterocycles. The van der Waals surface area contributed by atoms with Gasteiger partial charge in [0.2, 0.25) is 0 Å². The predicted molar refractivity (Wildman–Crippen MR) is 76.1 cm³/mol. The summed E-state index contributed by atoms with van der Waals surface area (Å²) < 4.78 is 7.95. The van der Waals surface area contributed by atoms with Crippen LogP contribution < -0.4 is 4.74 Å². The van der Waals surface area contributed by atoms with E-state index >= 15 is 0 Å². The van der Waals surface area contributed by atoms with Gasteiger partial charge >= 0.3 is 0 Å². The highest BCUT2D eigenvalue weighted by atomic mass is 32.2. The Hall–Kier alpha value is -1.09. The van der Waals surface area contributed by atoms with Gasteiger partial charge < -0.3 is 9.30 Å². The Morgan fingerprint density at radius 1 is 1.29 bits per heavy atom. The molecule has 2 rings (SSSR count). The molecular formula is C14H19NOS. The van der Waals surface area contributed by atoms with E-state index in [-0.39, 0.29) is 0 Å². The molecule has 1 heterocycles. The largest absolute Gasteiger partial charge is 0.493 e. The van der Waals surface area contributed by atoms with Crippen molar-refractivity contribution in [2.24, 2.45) is 0 Å². The molecule has 0 saturated carbocycles. The average molecular weight is 249 g/mol. The summed E-state index contributed by atoms with van der Waals surface area (Å²) in [7, 11) is 0. The zero-order valence-electron chi connectivity index (χ0n) is 10.5. The number of fused-ring (bicyclic) bond motifs is 1. The maximum Gasteiger partial charge on any atom is 0.128 e. The van der Waals surface area contributed by atoms with Gasteiger partial charge in [0.05, 0.1) is 12.1 Å². The van der Waals surface area contributed by atoms with Crippen LogP contribution in [0, 0.1) is 0 Å². The van der Waals surface area contributed by atoms with E-state index in [2.05, 4.69) is 35.2 Å². The molecule has 0 fully saturated rings. The molecule has 1 aromatic carbocycles. The van der Waals surface area contributed by atoms with Crippen LogP contribution in [-0.2, 0) is 6.54 Å². The number of ether oxygens (including phenoxy) is 1. The number of thioether (sulfide) groups is 1. The third kappa shape index (κ3) is 2.78. The second-order valence-corrected chi connectivity index (χ2v) is 4.96. The monoisotopic (exact) mass is 249 g/mol. The minimum Gasteiger partial charge on any atom is -0.493 e. The molecular weight excluding hydrogens is 230 g/mol. The zero-order valence-corrected chi connectivity index (χ0v) is 11.3. The van der Waals surface area contributed by atoms with Crippen LogP contribution >= 0.6 is 11.8 Å². The van der Waals surface area contributed by atoms with Crippen LogP contribution in [-0.4, -0.2) is 23.2 Å². The third-order valence-corrected chi connectivity index (χ3v) is 3.52. The quantitative estimate of drug-likeness (QED) is 0.723. The van der Waals surface area contributed by atoms with Gasteiger partial charge in [-0.1, -0.05) is 6.07 Å². The smallest absolute Gasteiger partial charge is 0.128 e. The Morgan fingerprint density at radius 3 is 2.94 bits per heavy atom. The number of benzene rings is 1. The molecule has 17 heavy (non-hydrogen) atoms. The van der Waals surface area contributed by atoms with Gasteiger partial charge in [-0.2, -0.15) is 11.8 Å². The van der Waals surface area contributed by atoms with Crippen LogP contribution in [0.15, 0.2) is 30.5 Å². The van der Waals surface area contributed by atoms with E-state index in [0.29, 0.717) is 0 Å². The van der Waals surface area contributed by atoms with Gasteiger partial charge in [-0.05, 0) is 43.6 Å². The Labute approximate surface area is 107 Å². The first-order valence-corrected chi connectivity index (χ1v) is 7.45. The fourth-order valence-corrected chi connectivity index (χ4v) is 2.47. The summed E-state index contributed by atoms with van der Waals surface area (Å²) in [6.45, 7) is 3.82. The lowest BCUT2D eigenvalue weighted by molar-refractivity contribution is 0.344. The summed E-state index contributed by atoms with van der Waals surface area (Å²) >= 11 is 1.90. The topological polar surface area (TPSA) is 14.2 Å². The fraction of sp³-hybridized carbons (Fsp3) is 0.429. The molecule has 0 spiro atoms. The highest BCUT2D eigenvalue weighted by Crippen LogP contribution is 2.26. The summed E-state index contributed by atoms with van der Waals surface area (Å²) in [5, 5.41) is 1.22. The molecule has 0 saturated heterocycles. The van der Waals surface area contributed by atoms with Crippen molar-refractivity contribution in [1.82, 2.24) is 4.57 Å². The number of aryl methyl sites for hydroxylation is 1. The molecule has 0 atom stereocenters. The number of rotatable bonds is 6. The molecule has 0 unspecified atom stereocenters. The van der Waals surface area contributed by atoms with E-state index < -0.39 is 0 Å². The maximum absolute atomic E-state index is 5.64. The Morgan fingerprint density at radius 2 is 2.18 bits per heavy atom. The first-order chi connectivity index (χ1) is 8.36. The summed E-state index contributed by atoms with van der Waals surface area (Å²) in [6, 6.07) is 8.42. The standard InChI is InChI=1S/C14H19NOS/c1-3-16-14-7-4-6-13-12(14)8-10-15(13)9-5-11-17-2/h4,6-8,10H,3,5,9,11H2,1-2H3. The van der Waals surface area contributed by atoms with Gasteiger partial charge in [-0.25, -0.2) is 0 Å². The van der Waals surface area contributed by atoms with Gasteiger partial charge in [-0.3, -0.25) is 0 Å². The number of aromatic nitrogens is 1. The molecule has 0 amide bonds. The van der Waals surface area contributed by atoms with Crippen LogP contribution in [0.5, 0.6) is 5.75 Å². The van der Waals surface area contributed by atoms with Crippen molar-refractivity contribution in [1.29, 1.82) is 0 Å². The van der Waals surface area contributed by atoms with E-state index in [0.717, 1.165) is 18.9 Å². The Balaban J connectivity index is 2.24. The van der Waals surface area contributed by atoms with Crippen LogP contribution in [0.4, 0.5) is 0 Å². The van der Waals surface area contributed by atoms with Crippen molar-refractivity contribution in [3.8, 4) is 5.75 Å². The SMILES string of the molecule is CCOc1cccc2c1ccn2CCCSC. The van der Waals surface area contributed by atoms with Crippen molar-refractivity contribution in [2.45, 2.75) is 19.9 Å². The normalized spacial score (nSPS) is 10.9. The minimum atomic E-state index is 0.719. The van der Waals surface area contributed by atoms with Crippen molar-refractivity contribution < 1.29 is 4.74 Å². The Bertz CT molecular complexity index is 478. The lowest BCUT2D eigenvalue weighted by Crippen LogP contribution is -1.97. The fourth-order valence-electron chi connectivity index (χ4n) is 2.05. The van der Waals surface area contributed by atoms with E-state index in [1.54, 1.807) is 0 Å². The highest BCUT2D eigenvalue weighted by Gasteiger charge is 2.05. The van der Waals surface area contributed by atoms with Gasteiger partial charge in [0.1, 0.15) is 5.75 Å². The molecule has 3 heteroatoms. The Kier molecular flexibility index (Phi) is 4.37. The maximum atomic E-state index is 5.64. The van der Waals surface area contributed by atoms with Gasteiger partial charge in [0.15, 0.2) is 0 Å². The van der Waals surface area contributed by atoms with Crippen molar-refractivity contribution in [3.63, 3.8) is 0 Å². The van der Waals surface area contributed by atoms with Crippen LogP contribution in [0.2, 0.25) is 0 Å². The van der Waals surface area contributed by atoms with Crippen LogP contribution in [0.3, 0.4) is 0 Å². The molecule has 0 aliphatic heterocycles. The first kappa shape index (κ1) is 12.4. The first-order valence-electron chi connectivity index (χ1n) is 6.06. The average Bonchev–Trinajstić information content (AvgIpc) is 2.75. The van der Waals surface area contributed by atoms with Gasteiger partial charge in [-0.15, -0.1) is 0 Å². The highest BCUT2D eigenvalue weighted by molar-refractivity contribution is 7.98. The summed E-state index contributed by atoms with van der Waals surface area (Å²) in [5.41, 5.74) is 1.28. The van der Waals surface area contributed by atoms with E-state index in [1.807, 2.05) is 24.8 Å². The second-order valence-electron chi connectivity index (χ2n) is 3.98. The van der Waals surface area contributed by atoms with Gasteiger partial charge in [0.25, 0.3) is 0 Å². The third-order valence-electron chi connectivity index (χ3n) is 2.82. The second kappa shape index (κ2) is 6.01. The molecule has 0 aliphatic carbocycles. The van der Waals surface area contributed by atoms with E-state index in [4.69, 9.17) is 4.74 Å². The van der Waals surface area contributed by atoms with Crippen LogP contribution in [0.1, 0.15) is 13.3 Å². The molecule has 2 aromatic rings. The zero-order chi connectivity index (χ0) is 12.1. The minimum absolute atomic E-state index is 0.719. The molecule has 92 valence electrons. The van der Waals surface area contributed by atoms with E-state index in [9.17, 15) is 0 Å². The van der Waals surface area contributed by atoms with Crippen LogP contribution in [0.25, 0.3) is 10.9 Å². The molecule has 0 aliphatic rings. The summed E-state index contributed by atoms with van der Waals surface area (Å²) in [4.78, 5) is 0. The molecule has 2 nitrogen and oxygen atoms in total. The summed E-state index contributed by atoms with van der Waals surface area (Å²) in [5.74, 6) is 2.21. The van der Waals surface area contributed by atoms with Crippen molar-refractivity contribution in [2.75, 3.05) is 18.6 Å². The van der Waals surface area contributed by atoms with Gasteiger partial charge in [0, 0.05) is 18.1 Å². The lowest BCUT2D eigenvalue weighted by Gasteiger charge is -2.07. The molecule has 0 bridgehead atoms. The van der Waals surface area contributed by atoms with Crippen molar-refractivity contribution >= 4 is 22.7 Å². The number of nitrogens with zero attached hydrogens (tertiary/aromatic N) is 1. The number of hydrogen-bond acceptors (Lipinski definition) is 2. The lowest BCUT2D eigenvalue weighted by atomic mass is 10.2. The van der Waals surface area contributed by atoms with E-state index in [1.165, 1.54) is 23.1 Å². The molecule has 0 radical (unpaired) electrons.